The molecule has 0 bridgehead atoms. The Balaban J connectivity index is 1.52. The van der Waals surface area contributed by atoms with E-state index in [0.29, 0.717) is 61.3 Å². The normalized spacial score (nSPS) is 19.3. The lowest BCUT2D eigenvalue weighted by Crippen LogP contribution is -2.55. The molecule has 3 aromatic carbocycles. The number of hydrazine groups is 1. The van der Waals surface area contributed by atoms with Crippen molar-refractivity contribution >= 4 is 11.8 Å². The van der Waals surface area contributed by atoms with Crippen molar-refractivity contribution in [1.82, 2.24) is 15.8 Å². The maximum absolute atomic E-state index is 14.5. The fourth-order valence-electron chi connectivity index (χ4n) is 5.66. The van der Waals surface area contributed by atoms with Gasteiger partial charge in [-0.15, -0.1) is 0 Å². The van der Waals surface area contributed by atoms with Crippen LogP contribution in [0.2, 0.25) is 0 Å². The summed E-state index contributed by atoms with van der Waals surface area (Å²) in [4.78, 5) is 24.8. The van der Waals surface area contributed by atoms with E-state index in [9.17, 15) is 4.79 Å². The van der Waals surface area contributed by atoms with Crippen molar-refractivity contribution in [3.63, 3.8) is 0 Å². The molecule has 47 heavy (non-hydrogen) atoms. The minimum Gasteiger partial charge on any atom is -0.497 e. The molecule has 13 nitrogen and oxygen atoms in total. The molecule has 1 saturated heterocycles. The highest BCUT2D eigenvalue weighted by atomic mass is 16.5. The number of carbonyl (C=O) groups is 1. The number of hydrogen-bond acceptors (Lipinski definition) is 10. The number of aliphatic imine (C=N–C) groups is 1. The number of benzene rings is 3. The highest BCUT2D eigenvalue weighted by molar-refractivity contribution is 6.01. The molecule has 0 aromatic heterocycles. The molecule has 3 aromatic rings. The second-order valence-electron chi connectivity index (χ2n) is 11.2. The second kappa shape index (κ2) is 16.8. The third-order valence-electron chi connectivity index (χ3n) is 8.17. The molecule has 1 fully saturated rings. The van der Waals surface area contributed by atoms with Gasteiger partial charge in [0.15, 0.2) is 11.6 Å². The van der Waals surface area contributed by atoms with Crippen LogP contribution < -0.4 is 20.3 Å². The average molecular weight is 644 g/mol. The van der Waals surface area contributed by atoms with Gasteiger partial charge >= 0.3 is 0 Å². The summed E-state index contributed by atoms with van der Waals surface area (Å²) in [5, 5.41) is 12.9. The SMILES string of the molecule is COc1cccc([C@@H]2OC(c3ccc(OCCCO)cc3)=N[C@]2(Cc2ccccc2CN=[N+]=[N-])C(=O)NNCCN2CCOCC2)c1. The third kappa shape index (κ3) is 8.59. The largest absolute Gasteiger partial charge is 0.497 e. The van der Waals surface area contributed by atoms with Gasteiger partial charge in [-0.3, -0.25) is 15.1 Å². The first-order valence-corrected chi connectivity index (χ1v) is 15.7. The molecule has 13 heteroatoms. The Morgan fingerprint density at radius 2 is 1.89 bits per heavy atom. The van der Waals surface area contributed by atoms with Crippen LogP contribution in [0.4, 0.5) is 0 Å². The van der Waals surface area contributed by atoms with E-state index in [1.807, 2.05) is 72.8 Å². The van der Waals surface area contributed by atoms with Crippen LogP contribution >= 0.6 is 0 Å². The number of nitrogens with zero attached hydrogens (tertiary/aromatic N) is 5. The summed E-state index contributed by atoms with van der Waals surface area (Å²) >= 11 is 0. The van der Waals surface area contributed by atoms with E-state index in [-0.39, 0.29) is 25.5 Å². The first-order chi connectivity index (χ1) is 23.1. The van der Waals surface area contributed by atoms with Crippen molar-refractivity contribution in [2.24, 2.45) is 10.1 Å². The Kier molecular flexibility index (Phi) is 12.0. The van der Waals surface area contributed by atoms with Crippen LogP contribution in [0.25, 0.3) is 10.4 Å². The molecule has 3 N–H and O–H groups in total. The number of morpholine rings is 1. The summed E-state index contributed by atoms with van der Waals surface area (Å²) in [5.74, 6) is 1.19. The Bertz CT molecular complexity index is 1560. The molecule has 0 spiro atoms. The molecule has 2 heterocycles. The second-order valence-corrected chi connectivity index (χ2v) is 11.2. The number of aliphatic hydroxyl groups excluding tert-OH is 1. The molecule has 0 aliphatic carbocycles. The summed E-state index contributed by atoms with van der Waals surface area (Å²) in [6.07, 6.45) is -0.143. The van der Waals surface area contributed by atoms with Crippen LogP contribution in [0.15, 0.2) is 82.9 Å². The fourth-order valence-corrected chi connectivity index (χ4v) is 5.66. The van der Waals surface area contributed by atoms with Crippen molar-refractivity contribution in [3.8, 4) is 11.5 Å². The van der Waals surface area contributed by atoms with Crippen molar-refractivity contribution in [2.45, 2.75) is 31.0 Å². The van der Waals surface area contributed by atoms with Crippen molar-refractivity contribution in [2.75, 3.05) is 59.7 Å². The molecule has 248 valence electrons. The Morgan fingerprint density at radius 3 is 2.64 bits per heavy atom. The Hall–Kier alpha value is -4.65. The van der Waals surface area contributed by atoms with E-state index in [4.69, 9.17) is 34.6 Å². The molecular formula is C34H41N7O6. The number of aliphatic hydroxyl groups is 1. The number of rotatable bonds is 16. The van der Waals surface area contributed by atoms with Crippen LogP contribution in [-0.2, 0) is 27.2 Å². The van der Waals surface area contributed by atoms with E-state index in [2.05, 4.69) is 25.8 Å². The first-order valence-electron chi connectivity index (χ1n) is 15.7. The number of azide groups is 1. The predicted molar refractivity (Wildman–Crippen MR) is 176 cm³/mol. The van der Waals surface area contributed by atoms with Gasteiger partial charge in [-0.25, -0.2) is 10.4 Å². The number of amides is 1. The standard InChI is InChI=1S/C34H41N7O6/c1-44-30-9-4-8-26(22-30)31-34(23-27-6-2-3-7-28(27)24-37-40-35,33(43)39-36-14-15-41-16-20-45-21-17-41)38-32(47-31)25-10-12-29(13-11-25)46-19-5-18-42/h2-4,6-13,22,31,36,42H,5,14-21,23-24H2,1H3,(H,39,43)/t31-,34-/m0/s1. The number of ether oxygens (including phenoxy) is 4. The smallest absolute Gasteiger partial charge is 0.266 e. The summed E-state index contributed by atoms with van der Waals surface area (Å²) < 4.78 is 23.3. The minimum atomic E-state index is -1.46. The van der Waals surface area contributed by atoms with Crippen molar-refractivity contribution < 1.29 is 28.8 Å². The lowest BCUT2D eigenvalue weighted by molar-refractivity contribution is -0.130. The number of methoxy groups -OCH3 is 1. The van der Waals surface area contributed by atoms with Crippen LogP contribution in [0.5, 0.6) is 11.5 Å². The zero-order valence-corrected chi connectivity index (χ0v) is 26.5. The van der Waals surface area contributed by atoms with Crippen LogP contribution in [0, 0.1) is 0 Å². The molecule has 0 unspecified atom stereocenters. The van der Waals surface area contributed by atoms with E-state index >= 15 is 0 Å². The van der Waals surface area contributed by atoms with E-state index in [0.717, 1.165) is 30.8 Å². The predicted octanol–water partition coefficient (Wildman–Crippen LogP) is 3.72. The third-order valence-corrected chi connectivity index (χ3v) is 8.17. The summed E-state index contributed by atoms with van der Waals surface area (Å²) in [5.41, 5.74) is 16.6. The maximum Gasteiger partial charge on any atom is 0.266 e. The van der Waals surface area contributed by atoms with Crippen molar-refractivity contribution in [1.29, 1.82) is 0 Å². The highest BCUT2D eigenvalue weighted by Gasteiger charge is 2.53. The van der Waals surface area contributed by atoms with Gasteiger partial charge < -0.3 is 24.1 Å². The summed E-state index contributed by atoms with van der Waals surface area (Å²) in [6, 6.07) is 22.3. The molecule has 0 radical (unpaired) electrons. The van der Waals surface area contributed by atoms with Gasteiger partial charge in [0.1, 0.15) is 11.5 Å². The van der Waals surface area contributed by atoms with Gasteiger partial charge in [0.2, 0.25) is 5.90 Å². The molecular weight excluding hydrogens is 602 g/mol. The van der Waals surface area contributed by atoms with E-state index < -0.39 is 11.6 Å². The van der Waals surface area contributed by atoms with Crippen LogP contribution in [-0.4, -0.2) is 87.1 Å². The monoisotopic (exact) mass is 643 g/mol. The first kappa shape index (κ1) is 33.7. The Morgan fingerprint density at radius 1 is 1.11 bits per heavy atom. The molecule has 0 saturated carbocycles. The zero-order valence-electron chi connectivity index (χ0n) is 26.5. The van der Waals surface area contributed by atoms with Crippen molar-refractivity contribution in [3.05, 3.63) is 105 Å². The average Bonchev–Trinajstić information content (AvgIpc) is 3.51. The lowest BCUT2D eigenvalue weighted by Gasteiger charge is -2.32. The minimum absolute atomic E-state index is 0.0482. The highest BCUT2D eigenvalue weighted by Crippen LogP contribution is 2.43. The number of hydrogen-bond donors (Lipinski definition) is 3. The van der Waals surface area contributed by atoms with Crippen LogP contribution in [0.3, 0.4) is 0 Å². The molecule has 2 aliphatic heterocycles. The summed E-state index contributed by atoms with van der Waals surface area (Å²) in [6.45, 7) is 4.89. The van der Waals surface area contributed by atoms with Gasteiger partial charge in [0, 0.05) is 56.1 Å². The molecule has 2 atom stereocenters. The van der Waals surface area contributed by atoms with Gasteiger partial charge in [-0.1, -0.05) is 41.5 Å². The van der Waals surface area contributed by atoms with Gasteiger partial charge in [-0.2, -0.15) is 0 Å². The Labute approximate surface area is 274 Å². The van der Waals surface area contributed by atoms with Gasteiger partial charge in [0.05, 0.1) is 33.5 Å². The molecule has 5 rings (SSSR count). The molecule has 2 aliphatic rings. The van der Waals surface area contributed by atoms with E-state index in [1.165, 1.54) is 0 Å². The van der Waals surface area contributed by atoms with Gasteiger partial charge in [-0.05, 0) is 58.6 Å². The van der Waals surface area contributed by atoms with Crippen LogP contribution in [0.1, 0.15) is 34.8 Å². The molecule has 1 amide bonds. The number of nitrogens with one attached hydrogen (secondary N) is 2. The topological polar surface area (TPSA) is 163 Å². The quantitative estimate of drug-likeness (QED) is 0.0700. The fraction of sp³-hybridized carbons (Fsp3) is 0.412. The van der Waals surface area contributed by atoms with E-state index in [1.54, 1.807) is 7.11 Å². The number of carbonyl (C=O) groups excluding carboxylic acids is 1. The zero-order chi connectivity index (χ0) is 32.9. The summed E-state index contributed by atoms with van der Waals surface area (Å²) in [7, 11) is 1.59. The lowest BCUT2D eigenvalue weighted by atomic mass is 9.81. The van der Waals surface area contributed by atoms with Gasteiger partial charge in [0.25, 0.3) is 5.91 Å². The maximum atomic E-state index is 14.5.